The van der Waals surface area contributed by atoms with Crippen molar-refractivity contribution in [3.05, 3.63) is 29.8 Å². The molecule has 2 rings (SSSR count). The number of likely N-dealkylation sites (tertiary alicyclic amines) is 1. The van der Waals surface area contributed by atoms with Gasteiger partial charge in [-0.2, -0.15) is 0 Å². The number of benzene rings is 1. The maximum atomic E-state index is 12.4. The van der Waals surface area contributed by atoms with Gasteiger partial charge in [0.15, 0.2) is 0 Å². The molecule has 4 heteroatoms. The van der Waals surface area contributed by atoms with Gasteiger partial charge >= 0.3 is 0 Å². The Labute approximate surface area is 140 Å². The van der Waals surface area contributed by atoms with Gasteiger partial charge in [0.2, 0.25) is 5.91 Å². The van der Waals surface area contributed by atoms with E-state index in [9.17, 15) is 4.79 Å². The van der Waals surface area contributed by atoms with Gasteiger partial charge in [-0.1, -0.05) is 18.2 Å². The van der Waals surface area contributed by atoms with Crippen molar-refractivity contribution in [3.8, 4) is 5.75 Å². The monoisotopic (exact) mass is 318 g/mol. The van der Waals surface area contributed by atoms with E-state index in [2.05, 4.69) is 24.8 Å². The lowest BCUT2D eigenvalue weighted by Gasteiger charge is -2.34. The van der Waals surface area contributed by atoms with Crippen LogP contribution in [0.1, 0.15) is 38.2 Å². The van der Waals surface area contributed by atoms with Crippen LogP contribution in [0.15, 0.2) is 24.3 Å². The summed E-state index contributed by atoms with van der Waals surface area (Å²) in [6, 6.07) is 8.46. The Kier molecular flexibility index (Phi) is 6.90. The molecule has 23 heavy (non-hydrogen) atoms. The van der Waals surface area contributed by atoms with E-state index in [-0.39, 0.29) is 5.91 Å². The summed E-state index contributed by atoms with van der Waals surface area (Å²) in [5.74, 6) is 1.22. The molecule has 128 valence electrons. The van der Waals surface area contributed by atoms with Crippen LogP contribution in [0, 0.1) is 6.92 Å². The minimum atomic E-state index is 0.263. The first-order chi connectivity index (χ1) is 11.1. The third-order valence-corrected chi connectivity index (χ3v) is 4.56. The molecule has 0 aromatic heterocycles. The number of carbonyl (C=O) groups excluding carboxylic acids is 1. The average Bonchev–Trinajstić information content (AvgIpc) is 2.53. The fraction of sp³-hybridized carbons (Fsp3) is 0.632. The molecule has 1 aliphatic rings. The van der Waals surface area contributed by atoms with Crippen LogP contribution in [0.3, 0.4) is 0 Å². The van der Waals surface area contributed by atoms with Gasteiger partial charge in [-0.3, -0.25) is 9.69 Å². The van der Waals surface area contributed by atoms with Crippen LogP contribution < -0.4 is 4.74 Å². The fourth-order valence-electron chi connectivity index (χ4n) is 3.10. The Hall–Kier alpha value is -1.55. The fourth-order valence-corrected chi connectivity index (χ4v) is 3.10. The molecule has 0 saturated carbocycles. The average molecular weight is 318 g/mol. The molecule has 1 heterocycles. The van der Waals surface area contributed by atoms with E-state index in [1.165, 1.54) is 6.42 Å². The van der Waals surface area contributed by atoms with Gasteiger partial charge in [0, 0.05) is 19.1 Å². The van der Waals surface area contributed by atoms with Crippen LogP contribution in [-0.2, 0) is 4.79 Å². The van der Waals surface area contributed by atoms with Crippen molar-refractivity contribution < 1.29 is 9.53 Å². The molecule has 1 saturated heterocycles. The Balaban J connectivity index is 1.66. The first-order valence-electron chi connectivity index (χ1n) is 8.74. The quantitative estimate of drug-likeness (QED) is 0.724. The van der Waals surface area contributed by atoms with Gasteiger partial charge in [0.25, 0.3) is 0 Å². The van der Waals surface area contributed by atoms with Crippen molar-refractivity contribution in [2.45, 2.75) is 45.6 Å². The Bertz CT molecular complexity index is 504. The molecular formula is C19H30N2O2. The molecule has 0 aliphatic carbocycles. The summed E-state index contributed by atoms with van der Waals surface area (Å²) in [6.45, 7) is 7.20. The van der Waals surface area contributed by atoms with Crippen molar-refractivity contribution in [2.75, 3.05) is 33.3 Å². The molecule has 0 N–H and O–H groups in total. The maximum absolute atomic E-state index is 12.4. The third-order valence-electron chi connectivity index (χ3n) is 4.56. The lowest BCUT2D eigenvalue weighted by atomic mass is 10.0. The normalized spacial score (nSPS) is 18.3. The highest BCUT2D eigenvalue weighted by Gasteiger charge is 2.23. The molecular weight excluding hydrogens is 288 g/mol. The molecule has 0 radical (unpaired) electrons. The molecule has 1 atom stereocenters. The zero-order chi connectivity index (χ0) is 16.7. The topological polar surface area (TPSA) is 32.8 Å². The summed E-state index contributed by atoms with van der Waals surface area (Å²) in [6.07, 6.45) is 4.45. The van der Waals surface area contributed by atoms with E-state index < -0.39 is 0 Å². The van der Waals surface area contributed by atoms with Crippen LogP contribution in [0.5, 0.6) is 5.75 Å². The number of para-hydroxylation sites is 1. The SMILES string of the molecule is Cc1ccccc1OCCCN(C)CC(=O)N1CCCCC1C. The minimum absolute atomic E-state index is 0.263. The molecule has 1 fully saturated rings. The van der Waals surface area contributed by atoms with Gasteiger partial charge in [0.1, 0.15) is 5.75 Å². The van der Waals surface area contributed by atoms with Gasteiger partial charge in [0.05, 0.1) is 13.2 Å². The zero-order valence-electron chi connectivity index (χ0n) is 14.8. The Morgan fingerprint density at radius 2 is 2.13 bits per heavy atom. The molecule has 0 bridgehead atoms. The van der Waals surface area contributed by atoms with E-state index in [4.69, 9.17) is 4.74 Å². The number of likely N-dealkylation sites (N-methyl/N-ethyl adjacent to an activating group) is 1. The van der Waals surface area contributed by atoms with Gasteiger partial charge in [-0.05, 0) is 58.2 Å². The standard InChI is InChI=1S/C19H30N2O2/c1-16-9-4-5-11-18(16)23-14-8-12-20(3)15-19(22)21-13-7-6-10-17(21)2/h4-5,9,11,17H,6-8,10,12-15H2,1-3H3. The van der Waals surface area contributed by atoms with Crippen LogP contribution in [0.4, 0.5) is 0 Å². The van der Waals surface area contributed by atoms with E-state index in [1.54, 1.807) is 0 Å². The summed E-state index contributed by atoms with van der Waals surface area (Å²) in [5, 5.41) is 0. The lowest BCUT2D eigenvalue weighted by Crippen LogP contribution is -2.46. The predicted octanol–water partition coefficient (Wildman–Crippen LogP) is 3.10. The van der Waals surface area contributed by atoms with Crippen molar-refractivity contribution in [3.63, 3.8) is 0 Å². The lowest BCUT2D eigenvalue weighted by molar-refractivity contribution is -0.135. The first kappa shape index (κ1) is 17.8. The number of hydrogen-bond acceptors (Lipinski definition) is 3. The number of nitrogens with zero attached hydrogens (tertiary/aromatic N) is 2. The second kappa shape index (κ2) is 8.92. The van der Waals surface area contributed by atoms with E-state index in [1.807, 2.05) is 30.1 Å². The number of carbonyl (C=O) groups is 1. The van der Waals surface area contributed by atoms with Crippen molar-refractivity contribution in [2.24, 2.45) is 0 Å². The zero-order valence-corrected chi connectivity index (χ0v) is 14.8. The molecule has 4 nitrogen and oxygen atoms in total. The summed E-state index contributed by atoms with van der Waals surface area (Å²) in [5.41, 5.74) is 1.16. The maximum Gasteiger partial charge on any atom is 0.236 e. The number of hydrogen-bond donors (Lipinski definition) is 0. The number of rotatable bonds is 7. The molecule has 1 aromatic carbocycles. The Morgan fingerprint density at radius 1 is 1.35 bits per heavy atom. The third kappa shape index (κ3) is 5.54. The Morgan fingerprint density at radius 3 is 2.87 bits per heavy atom. The van der Waals surface area contributed by atoms with E-state index in [0.29, 0.717) is 19.2 Å². The number of ether oxygens (including phenoxy) is 1. The van der Waals surface area contributed by atoms with Crippen LogP contribution in [0.2, 0.25) is 0 Å². The molecule has 0 spiro atoms. The number of aryl methyl sites for hydroxylation is 1. The summed E-state index contributed by atoms with van der Waals surface area (Å²) >= 11 is 0. The summed E-state index contributed by atoms with van der Waals surface area (Å²) < 4.78 is 5.80. The number of piperidine rings is 1. The van der Waals surface area contributed by atoms with Gasteiger partial charge in [-0.15, -0.1) is 0 Å². The largest absolute Gasteiger partial charge is 0.493 e. The molecule has 1 amide bonds. The smallest absolute Gasteiger partial charge is 0.236 e. The second-order valence-electron chi connectivity index (χ2n) is 6.64. The molecule has 1 aliphatic heterocycles. The second-order valence-corrected chi connectivity index (χ2v) is 6.64. The first-order valence-corrected chi connectivity index (χ1v) is 8.74. The van der Waals surface area contributed by atoms with Crippen LogP contribution in [0.25, 0.3) is 0 Å². The summed E-state index contributed by atoms with van der Waals surface area (Å²) in [7, 11) is 2.01. The van der Waals surface area contributed by atoms with E-state index in [0.717, 1.165) is 43.7 Å². The minimum Gasteiger partial charge on any atom is -0.493 e. The van der Waals surface area contributed by atoms with E-state index >= 15 is 0 Å². The van der Waals surface area contributed by atoms with Crippen molar-refractivity contribution in [1.29, 1.82) is 0 Å². The predicted molar refractivity (Wildman–Crippen MR) is 93.8 cm³/mol. The van der Waals surface area contributed by atoms with Crippen molar-refractivity contribution in [1.82, 2.24) is 9.80 Å². The van der Waals surface area contributed by atoms with Gasteiger partial charge in [-0.25, -0.2) is 0 Å². The van der Waals surface area contributed by atoms with Crippen molar-refractivity contribution >= 4 is 5.91 Å². The van der Waals surface area contributed by atoms with Gasteiger partial charge < -0.3 is 9.64 Å². The van der Waals surface area contributed by atoms with Crippen LogP contribution >= 0.6 is 0 Å². The molecule has 1 unspecified atom stereocenters. The number of amides is 1. The highest BCUT2D eigenvalue weighted by molar-refractivity contribution is 5.78. The highest BCUT2D eigenvalue weighted by Crippen LogP contribution is 2.17. The van der Waals surface area contributed by atoms with Crippen LogP contribution in [-0.4, -0.2) is 55.0 Å². The summed E-state index contributed by atoms with van der Waals surface area (Å²) in [4.78, 5) is 16.5. The molecule has 1 aromatic rings. The highest BCUT2D eigenvalue weighted by atomic mass is 16.5.